The number of fused-ring (bicyclic) bond motifs is 1. The van der Waals surface area contributed by atoms with Gasteiger partial charge in [-0.05, 0) is 39.0 Å². The standard InChI is InChI=1S/C21H26F2N2O5/c1-5-15-18(26)29-20(28)25(15)10-6-13(22)17(14(23)7-10)24-8-11-12(9-24)16(11)19(27)30-21(2,3)4/h6-7,11-12,15-16,18,26H,5,8-9H2,1-4H3/t11-,12+,15?,16?,18-/m1/s1. The van der Waals surface area contributed by atoms with Gasteiger partial charge in [0.2, 0.25) is 6.29 Å². The lowest BCUT2D eigenvalue weighted by atomic mass is 10.1. The molecule has 1 aromatic carbocycles. The van der Waals surface area contributed by atoms with Gasteiger partial charge in [-0.1, -0.05) is 6.92 Å². The number of rotatable bonds is 4. The fourth-order valence-corrected chi connectivity index (χ4v) is 4.60. The highest BCUT2D eigenvalue weighted by Gasteiger charge is 2.61. The van der Waals surface area contributed by atoms with E-state index in [9.17, 15) is 23.5 Å². The molecule has 1 N–H and O–H groups in total. The summed E-state index contributed by atoms with van der Waals surface area (Å²) in [6.07, 6.45) is -1.83. The summed E-state index contributed by atoms with van der Waals surface area (Å²) in [5.74, 6) is -2.05. The summed E-state index contributed by atoms with van der Waals surface area (Å²) >= 11 is 0. The zero-order valence-corrected chi connectivity index (χ0v) is 17.4. The number of esters is 1. The Labute approximate surface area is 173 Å². The fourth-order valence-electron chi connectivity index (χ4n) is 4.60. The number of amides is 1. The summed E-state index contributed by atoms with van der Waals surface area (Å²) in [6.45, 7) is 7.88. The number of hydrogen-bond acceptors (Lipinski definition) is 6. The van der Waals surface area contributed by atoms with Crippen LogP contribution in [0.25, 0.3) is 0 Å². The molecule has 2 saturated heterocycles. The van der Waals surface area contributed by atoms with Gasteiger partial charge in [-0.15, -0.1) is 0 Å². The Morgan fingerprint density at radius 3 is 2.30 bits per heavy atom. The molecule has 2 aliphatic heterocycles. The summed E-state index contributed by atoms with van der Waals surface area (Å²) in [5.41, 5.74) is -0.740. The number of hydrogen-bond donors (Lipinski definition) is 1. The largest absolute Gasteiger partial charge is 0.460 e. The first-order chi connectivity index (χ1) is 14.0. The molecule has 7 nitrogen and oxygen atoms in total. The van der Waals surface area contributed by atoms with Gasteiger partial charge >= 0.3 is 12.1 Å². The van der Waals surface area contributed by atoms with Crippen LogP contribution in [0.2, 0.25) is 0 Å². The topological polar surface area (TPSA) is 79.3 Å². The van der Waals surface area contributed by atoms with Crippen LogP contribution in [0, 0.1) is 29.4 Å². The number of benzene rings is 1. The fraction of sp³-hybridized carbons (Fsp3) is 0.619. The summed E-state index contributed by atoms with van der Waals surface area (Å²) in [7, 11) is 0. The number of piperidine rings is 1. The highest BCUT2D eigenvalue weighted by Crippen LogP contribution is 2.54. The molecule has 1 saturated carbocycles. The zero-order chi connectivity index (χ0) is 22.0. The number of aliphatic hydroxyl groups is 1. The van der Waals surface area contributed by atoms with Crippen molar-refractivity contribution in [2.24, 2.45) is 17.8 Å². The van der Waals surface area contributed by atoms with Crippen LogP contribution >= 0.6 is 0 Å². The third-order valence-corrected chi connectivity index (χ3v) is 5.97. The number of carbonyl (C=O) groups is 2. The van der Waals surface area contributed by atoms with Crippen molar-refractivity contribution in [2.45, 2.75) is 52.0 Å². The number of halogens is 2. The van der Waals surface area contributed by atoms with Crippen molar-refractivity contribution in [3.63, 3.8) is 0 Å². The molecule has 164 valence electrons. The van der Waals surface area contributed by atoms with Crippen LogP contribution in [-0.4, -0.2) is 48.2 Å². The van der Waals surface area contributed by atoms with E-state index in [1.54, 1.807) is 32.6 Å². The van der Waals surface area contributed by atoms with E-state index in [2.05, 4.69) is 0 Å². The van der Waals surface area contributed by atoms with Gasteiger partial charge in [-0.25, -0.2) is 13.6 Å². The Hall–Kier alpha value is -2.42. The van der Waals surface area contributed by atoms with Crippen molar-refractivity contribution < 1.29 is 33.0 Å². The van der Waals surface area contributed by atoms with Crippen molar-refractivity contribution in [3.8, 4) is 0 Å². The van der Waals surface area contributed by atoms with E-state index in [0.717, 1.165) is 17.0 Å². The average molecular weight is 424 g/mol. The third-order valence-electron chi connectivity index (χ3n) is 5.97. The van der Waals surface area contributed by atoms with Crippen LogP contribution in [0.1, 0.15) is 34.1 Å². The Kier molecular flexibility index (Phi) is 4.91. The number of nitrogens with zero attached hydrogens (tertiary/aromatic N) is 2. The minimum absolute atomic E-state index is 0.00172. The SMILES string of the molecule is CCC1[C@H](O)OC(=O)N1c1cc(F)c(N2C[C@@H]3C(C(=O)OC(C)(C)C)[C@@H]3C2)c(F)c1. The first-order valence-electron chi connectivity index (χ1n) is 10.2. The molecule has 30 heavy (non-hydrogen) atoms. The second-order valence-corrected chi connectivity index (χ2v) is 9.17. The quantitative estimate of drug-likeness (QED) is 0.749. The van der Waals surface area contributed by atoms with Crippen molar-refractivity contribution in [1.82, 2.24) is 0 Å². The summed E-state index contributed by atoms with van der Waals surface area (Å²) in [6, 6.07) is 1.45. The number of ether oxygens (including phenoxy) is 2. The van der Waals surface area contributed by atoms with Gasteiger partial charge in [0.1, 0.15) is 17.3 Å². The Balaban J connectivity index is 1.49. The first-order valence-corrected chi connectivity index (χ1v) is 10.2. The van der Waals surface area contributed by atoms with Gasteiger partial charge in [-0.2, -0.15) is 0 Å². The molecule has 9 heteroatoms. The van der Waals surface area contributed by atoms with Crippen LogP contribution in [0.15, 0.2) is 12.1 Å². The highest BCUT2D eigenvalue weighted by atomic mass is 19.1. The van der Waals surface area contributed by atoms with Gasteiger partial charge in [0.05, 0.1) is 11.6 Å². The van der Waals surface area contributed by atoms with E-state index in [0.29, 0.717) is 19.5 Å². The van der Waals surface area contributed by atoms with Gasteiger partial charge in [0.15, 0.2) is 11.6 Å². The lowest BCUT2D eigenvalue weighted by Gasteiger charge is -2.26. The molecule has 0 spiro atoms. The van der Waals surface area contributed by atoms with Crippen LogP contribution in [0.3, 0.4) is 0 Å². The highest BCUT2D eigenvalue weighted by molar-refractivity contribution is 5.91. The number of aliphatic hydroxyl groups excluding tert-OH is 1. The molecule has 2 unspecified atom stereocenters. The maximum Gasteiger partial charge on any atom is 0.417 e. The van der Waals surface area contributed by atoms with Crippen LogP contribution in [0.4, 0.5) is 25.0 Å². The van der Waals surface area contributed by atoms with Crippen LogP contribution < -0.4 is 9.80 Å². The molecule has 1 amide bonds. The maximum atomic E-state index is 14.9. The molecule has 1 aromatic rings. The van der Waals surface area contributed by atoms with E-state index < -0.39 is 35.7 Å². The van der Waals surface area contributed by atoms with Crippen LogP contribution in [0.5, 0.6) is 0 Å². The van der Waals surface area contributed by atoms with E-state index in [1.807, 2.05) is 0 Å². The minimum Gasteiger partial charge on any atom is -0.460 e. The van der Waals surface area contributed by atoms with Gasteiger partial charge in [-0.3, -0.25) is 9.69 Å². The molecule has 1 aliphatic carbocycles. The lowest BCUT2D eigenvalue weighted by molar-refractivity contribution is -0.157. The smallest absolute Gasteiger partial charge is 0.417 e. The Morgan fingerprint density at radius 1 is 1.23 bits per heavy atom. The maximum absolute atomic E-state index is 14.9. The third kappa shape index (κ3) is 3.49. The minimum atomic E-state index is -1.34. The second kappa shape index (κ2) is 7.08. The summed E-state index contributed by atoms with van der Waals surface area (Å²) in [4.78, 5) is 26.9. The second-order valence-electron chi connectivity index (χ2n) is 9.17. The molecular formula is C21H26F2N2O5. The van der Waals surface area contributed by atoms with Crippen LogP contribution in [-0.2, 0) is 14.3 Å². The normalized spacial score (nSPS) is 30.4. The summed E-state index contributed by atoms with van der Waals surface area (Å²) < 4.78 is 40.0. The van der Waals surface area contributed by atoms with Crippen molar-refractivity contribution in [2.75, 3.05) is 22.9 Å². The van der Waals surface area contributed by atoms with E-state index in [4.69, 9.17) is 9.47 Å². The first kappa shape index (κ1) is 20.8. The van der Waals surface area contributed by atoms with Gasteiger partial charge < -0.3 is 19.5 Å². The summed E-state index contributed by atoms with van der Waals surface area (Å²) in [5, 5.41) is 9.81. The predicted molar refractivity (Wildman–Crippen MR) is 104 cm³/mol. The predicted octanol–water partition coefficient (Wildman–Crippen LogP) is 3.04. The number of carbonyl (C=O) groups excluding carboxylic acids is 2. The molecule has 0 radical (unpaired) electrons. The van der Waals surface area contributed by atoms with E-state index in [1.165, 1.54) is 0 Å². The molecule has 0 aromatic heterocycles. The van der Waals surface area contributed by atoms with Gasteiger partial charge in [0.25, 0.3) is 0 Å². The van der Waals surface area contributed by atoms with Gasteiger partial charge in [0, 0.05) is 25.2 Å². The van der Waals surface area contributed by atoms with E-state index >= 15 is 0 Å². The molecule has 3 aliphatic rings. The molecule has 5 atom stereocenters. The zero-order valence-electron chi connectivity index (χ0n) is 17.4. The molecular weight excluding hydrogens is 398 g/mol. The van der Waals surface area contributed by atoms with Crippen molar-refractivity contribution in [1.29, 1.82) is 0 Å². The van der Waals surface area contributed by atoms with Crippen molar-refractivity contribution >= 4 is 23.4 Å². The van der Waals surface area contributed by atoms with E-state index in [-0.39, 0.29) is 35.1 Å². The molecule has 4 rings (SSSR count). The van der Waals surface area contributed by atoms with Crippen molar-refractivity contribution in [3.05, 3.63) is 23.8 Å². The molecule has 0 bridgehead atoms. The molecule has 2 heterocycles. The lowest BCUT2D eigenvalue weighted by Crippen LogP contribution is -2.36. The average Bonchev–Trinajstić information content (AvgIpc) is 2.96. The Morgan fingerprint density at radius 2 is 1.80 bits per heavy atom. The molecule has 3 fully saturated rings. The number of cyclic esters (lactones) is 1. The monoisotopic (exact) mass is 424 g/mol. The Bertz CT molecular complexity index is 852. The number of anilines is 2.